The molecule has 2 heterocycles. The summed E-state index contributed by atoms with van der Waals surface area (Å²) in [6, 6.07) is 0.326. The van der Waals surface area contributed by atoms with Crippen molar-refractivity contribution in [3.63, 3.8) is 0 Å². The summed E-state index contributed by atoms with van der Waals surface area (Å²) >= 11 is 0. The standard InChI is InChI=1S/C12H22N4/c1-3-16-9-14-6-11(16)7-15-5-4-10(2)12(13)8-15/h6,9-10,12H,3-5,7-8,13H2,1-2H3. The van der Waals surface area contributed by atoms with Crippen molar-refractivity contribution in [2.45, 2.75) is 39.4 Å². The van der Waals surface area contributed by atoms with Crippen molar-refractivity contribution in [1.29, 1.82) is 0 Å². The Morgan fingerprint density at radius 2 is 2.38 bits per heavy atom. The van der Waals surface area contributed by atoms with Crippen molar-refractivity contribution in [3.05, 3.63) is 18.2 Å². The summed E-state index contributed by atoms with van der Waals surface area (Å²) in [4.78, 5) is 6.64. The fourth-order valence-electron chi connectivity index (χ4n) is 2.31. The first-order valence-corrected chi connectivity index (χ1v) is 6.17. The molecule has 0 saturated carbocycles. The summed E-state index contributed by atoms with van der Waals surface area (Å²) in [6.45, 7) is 8.53. The molecule has 2 rings (SSSR count). The summed E-state index contributed by atoms with van der Waals surface area (Å²) < 4.78 is 2.20. The van der Waals surface area contributed by atoms with Crippen LogP contribution >= 0.6 is 0 Å². The second kappa shape index (κ2) is 4.97. The molecule has 1 aliphatic rings. The van der Waals surface area contributed by atoms with Gasteiger partial charge in [0.2, 0.25) is 0 Å². The first kappa shape index (κ1) is 11.6. The SMILES string of the molecule is CCn1cncc1CN1CCC(C)C(N)C1. The van der Waals surface area contributed by atoms with Crippen LogP contribution < -0.4 is 5.73 Å². The van der Waals surface area contributed by atoms with E-state index in [1.54, 1.807) is 0 Å². The van der Waals surface area contributed by atoms with E-state index in [9.17, 15) is 0 Å². The van der Waals surface area contributed by atoms with Crippen LogP contribution in [0.4, 0.5) is 0 Å². The summed E-state index contributed by atoms with van der Waals surface area (Å²) in [5.74, 6) is 0.660. The molecule has 4 nitrogen and oxygen atoms in total. The lowest BCUT2D eigenvalue weighted by Gasteiger charge is -2.35. The quantitative estimate of drug-likeness (QED) is 0.832. The molecule has 0 aromatic carbocycles. The van der Waals surface area contributed by atoms with E-state index in [-0.39, 0.29) is 0 Å². The Hall–Kier alpha value is -0.870. The number of imidazole rings is 1. The van der Waals surface area contributed by atoms with Gasteiger partial charge in [-0.3, -0.25) is 4.90 Å². The number of rotatable bonds is 3. The van der Waals surface area contributed by atoms with Crippen LogP contribution in [0.25, 0.3) is 0 Å². The largest absolute Gasteiger partial charge is 0.334 e. The van der Waals surface area contributed by atoms with Crippen LogP contribution in [0.15, 0.2) is 12.5 Å². The van der Waals surface area contributed by atoms with Crippen molar-refractivity contribution in [2.24, 2.45) is 11.7 Å². The Labute approximate surface area is 97.4 Å². The van der Waals surface area contributed by atoms with Gasteiger partial charge in [-0.2, -0.15) is 0 Å². The lowest BCUT2D eigenvalue weighted by Crippen LogP contribution is -2.47. The van der Waals surface area contributed by atoms with Gasteiger partial charge in [0.05, 0.1) is 12.0 Å². The maximum atomic E-state index is 6.10. The van der Waals surface area contributed by atoms with Gasteiger partial charge in [-0.05, 0) is 25.8 Å². The Balaban J connectivity index is 1.95. The highest BCUT2D eigenvalue weighted by Crippen LogP contribution is 2.17. The number of aromatic nitrogens is 2. The van der Waals surface area contributed by atoms with Crippen molar-refractivity contribution in [3.8, 4) is 0 Å². The maximum Gasteiger partial charge on any atom is 0.0948 e. The van der Waals surface area contributed by atoms with Gasteiger partial charge in [-0.25, -0.2) is 4.98 Å². The van der Waals surface area contributed by atoms with Crippen LogP contribution in [0.1, 0.15) is 26.0 Å². The maximum absolute atomic E-state index is 6.10. The van der Waals surface area contributed by atoms with Crippen LogP contribution in [-0.2, 0) is 13.1 Å². The smallest absolute Gasteiger partial charge is 0.0948 e. The molecule has 1 aromatic heterocycles. The van der Waals surface area contributed by atoms with Crippen LogP contribution in [0.5, 0.6) is 0 Å². The molecule has 2 N–H and O–H groups in total. The number of likely N-dealkylation sites (tertiary alicyclic amines) is 1. The third-order valence-corrected chi connectivity index (χ3v) is 3.63. The molecule has 90 valence electrons. The second-order valence-corrected chi connectivity index (χ2v) is 4.84. The molecule has 1 fully saturated rings. The zero-order valence-corrected chi connectivity index (χ0v) is 10.3. The highest BCUT2D eigenvalue weighted by atomic mass is 15.2. The van der Waals surface area contributed by atoms with Gasteiger partial charge in [0.25, 0.3) is 0 Å². The first-order valence-electron chi connectivity index (χ1n) is 6.17. The molecule has 0 bridgehead atoms. The van der Waals surface area contributed by atoms with Gasteiger partial charge in [0, 0.05) is 31.9 Å². The van der Waals surface area contributed by atoms with E-state index in [1.807, 2.05) is 12.5 Å². The third kappa shape index (κ3) is 2.44. The molecule has 4 heteroatoms. The number of nitrogens with zero attached hydrogens (tertiary/aromatic N) is 3. The van der Waals surface area contributed by atoms with Gasteiger partial charge in [-0.1, -0.05) is 6.92 Å². The van der Waals surface area contributed by atoms with E-state index in [1.165, 1.54) is 12.1 Å². The minimum atomic E-state index is 0.326. The minimum absolute atomic E-state index is 0.326. The van der Waals surface area contributed by atoms with Gasteiger partial charge in [-0.15, -0.1) is 0 Å². The normalized spacial score (nSPS) is 27.2. The number of nitrogens with two attached hydrogens (primary N) is 1. The Kier molecular flexibility index (Phi) is 3.61. The zero-order chi connectivity index (χ0) is 11.5. The monoisotopic (exact) mass is 222 g/mol. The fourth-order valence-corrected chi connectivity index (χ4v) is 2.31. The molecule has 16 heavy (non-hydrogen) atoms. The molecule has 1 aromatic rings. The number of hydrogen-bond acceptors (Lipinski definition) is 3. The fraction of sp³-hybridized carbons (Fsp3) is 0.750. The second-order valence-electron chi connectivity index (χ2n) is 4.84. The molecule has 0 amide bonds. The molecule has 0 aliphatic carbocycles. The van der Waals surface area contributed by atoms with E-state index in [4.69, 9.17) is 5.73 Å². The van der Waals surface area contributed by atoms with E-state index < -0.39 is 0 Å². The van der Waals surface area contributed by atoms with Crippen LogP contribution in [0.3, 0.4) is 0 Å². The lowest BCUT2D eigenvalue weighted by atomic mass is 9.94. The first-order chi connectivity index (χ1) is 7.70. The number of hydrogen-bond donors (Lipinski definition) is 1. The van der Waals surface area contributed by atoms with E-state index in [2.05, 4.69) is 28.3 Å². The van der Waals surface area contributed by atoms with Crippen molar-refractivity contribution in [1.82, 2.24) is 14.5 Å². The predicted molar refractivity (Wildman–Crippen MR) is 64.9 cm³/mol. The number of piperidine rings is 1. The number of aryl methyl sites for hydroxylation is 1. The lowest BCUT2D eigenvalue weighted by molar-refractivity contribution is 0.159. The third-order valence-electron chi connectivity index (χ3n) is 3.63. The van der Waals surface area contributed by atoms with Gasteiger partial charge >= 0.3 is 0 Å². The van der Waals surface area contributed by atoms with Crippen LogP contribution in [0.2, 0.25) is 0 Å². The average molecular weight is 222 g/mol. The molecule has 2 unspecified atom stereocenters. The Morgan fingerprint density at radius 1 is 1.56 bits per heavy atom. The van der Waals surface area contributed by atoms with Gasteiger partial charge in [0.15, 0.2) is 0 Å². The van der Waals surface area contributed by atoms with E-state index >= 15 is 0 Å². The van der Waals surface area contributed by atoms with Gasteiger partial charge in [0.1, 0.15) is 0 Å². The zero-order valence-electron chi connectivity index (χ0n) is 10.3. The van der Waals surface area contributed by atoms with Crippen molar-refractivity contribution < 1.29 is 0 Å². The summed E-state index contributed by atoms with van der Waals surface area (Å²) in [7, 11) is 0. The predicted octanol–water partition coefficient (Wildman–Crippen LogP) is 1.07. The van der Waals surface area contributed by atoms with Crippen LogP contribution in [0, 0.1) is 5.92 Å². The summed E-state index contributed by atoms with van der Waals surface area (Å²) in [6.07, 6.45) is 5.08. The Bertz CT molecular complexity index is 334. The average Bonchev–Trinajstić information content (AvgIpc) is 2.71. The van der Waals surface area contributed by atoms with E-state index in [0.29, 0.717) is 12.0 Å². The molecule has 2 atom stereocenters. The topological polar surface area (TPSA) is 47.1 Å². The Morgan fingerprint density at radius 3 is 3.06 bits per heavy atom. The molecule has 1 aliphatic heterocycles. The van der Waals surface area contributed by atoms with Gasteiger partial charge < -0.3 is 10.3 Å². The summed E-state index contributed by atoms with van der Waals surface area (Å²) in [5, 5.41) is 0. The highest BCUT2D eigenvalue weighted by Gasteiger charge is 2.23. The van der Waals surface area contributed by atoms with E-state index in [0.717, 1.165) is 26.2 Å². The molecule has 0 radical (unpaired) electrons. The molecule has 0 spiro atoms. The summed E-state index contributed by atoms with van der Waals surface area (Å²) in [5.41, 5.74) is 7.40. The highest BCUT2D eigenvalue weighted by molar-refractivity contribution is 4.99. The molecular formula is C12H22N4. The van der Waals surface area contributed by atoms with Crippen LogP contribution in [-0.4, -0.2) is 33.6 Å². The molecular weight excluding hydrogens is 200 g/mol. The van der Waals surface area contributed by atoms with Crippen molar-refractivity contribution in [2.75, 3.05) is 13.1 Å². The molecule has 1 saturated heterocycles. The minimum Gasteiger partial charge on any atom is -0.334 e. The van der Waals surface area contributed by atoms with Crippen molar-refractivity contribution >= 4 is 0 Å².